The molecule has 0 bridgehead atoms. The molecule has 3 aromatic rings. The third-order valence-electron chi connectivity index (χ3n) is 3.89. The van der Waals surface area contributed by atoms with E-state index < -0.39 is 41.0 Å². The van der Waals surface area contributed by atoms with Gasteiger partial charge >= 0.3 is 0 Å². The number of aryl methyl sites for hydroxylation is 1. The first-order valence-corrected chi connectivity index (χ1v) is 8.13. The number of carbonyl (C=O) groups excluding carboxylic acids is 1. The minimum absolute atomic E-state index is 0.0506. The molecule has 28 heavy (non-hydrogen) atoms. The van der Waals surface area contributed by atoms with Gasteiger partial charge in [-0.25, -0.2) is 22.0 Å². The summed E-state index contributed by atoms with van der Waals surface area (Å²) >= 11 is 5.88. The van der Waals surface area contributed by atoms with Gasteiger partial charge in [0.1, 0.15) is 33.9 Å². The van der Waals surface area contributed by atoms with Crippen LogP contribution in [0.2, 0.25) is 5.15 Å². The van der Waals surface area contributed by atoms with Gasteiger partial charge in [0.25, 0.3) is 12.3 Å². The molecule has 0 saturated heterocycles. The third kappa shape index (κ3) is 3.70. The van der Waals surface area contributed by atoms with E-state index in [1.807, 2.05) is 0 Å². The first-order valence-electron chi connectivity index (χ1n) is 7.76. The second kappa shape index (κ2) is 7.59. The van der Waals surface area contributed by atoms with Crippen molar-refractivity contribution in [2.24, 2.45) is 7.05 Å². The number of aromatic nitrogens is 2. The molecule has 1 aromatic heterocycles. The number of carbonyl (C=O) groups is 1. The Bertz CT molecular complexity index is 1070. The van der Waals surface area contributed by atoms with Gasteiger partial charge in [0.15, 0.2) is 0 Å². The van der Waals surface area contributed by atoms with Crippen molar-refractivity contribution in [1.82, 2.24) is 9.78 Å². The molecule has 0 radical (unpaired) electrons. The largest absolute Gasteiger partial charge is 0.321 e. The molecule has 1 amide bonds. The molecular formula is C18H11ClF5N3O. The Morgan fingerprint density at radius 2 is 1.71 bits per heavy atom. The zero-order chi connectivity index (χ0) is 20.6. The second-order valence-electron chi connectivity index (χ2n) is 5.74. The van der Waals surface area contributed by atoms with Crippen LogP contribution in [0.15, 0.2) is 36.4 Å². The number of hydrogen-bond acceptors (Lipinski definition) is 2. The van der Waals surface area contributed by atoms with Crippen molar-refractivity contribution in [2.75, 3.05) is 5.32 Å². The quantitative estimate of drug-likeness (QED) is 0.584. The molecule has 0 aliphatic heterocycles. The van der Waals surface area contributed by atoms with Crippen molar-refractivity contribution in [1.29, 1.82) is 0 Å². The molecule has 0 saturated carbocycles. The highest BCUT2D eigenvalue weighted by Crippen LogP contribution is 2.33. The van der Waals surface area contributed by atoms with E-state index in [2.05, 4.69) is 10.4 Å². The Labute approximate surface area is 160 Å². The molecule has 0 atom stereocenters. The number of nitrogens with zero attached hydrogens (tertiary/aromatic N) is 2. The summed E-state index contributed by atoms with van der Waals surface area (Å²) in [6, 6.07) is 5.58. The molecule has 4 nitrogen and oxygen atoms in total. The molecule has 0 aliphatic carbocycles. The van der Waals surface area contributed by atoms with E-state index in [4.69, 9.17) is 11.6 Å². The highest BCUT2D eigenvalue weighted by Gasteiger charge is 2.28. The number of nitrogens with one attached hydrogen (secondary N) is 1. The predicted molar refractivity (Wildman–Crippen MR) is 92.9 cm³/mol. The topological polar surface area (TPSA) is 46.9 Å². The van der Waals surface area contributed by atoms with Crippen LogP contribution in [0.25, 0.3) is 11.1 Å². The molecule has 1 heterocycles. The lowest BCUT2D eigenvalue weighted by Gasteiger charge is -2.13. The first kappa shape index (κ1) is 19.8. The maximum Gasteiger partial charge on any atom is 0.283 e. The fraction of sp³-hybridized carbons (Fsp3) is 0.111. The van der Waals surface area contributed by atoms with Gasteiger partial charge < -0.3 is 5.32 Å². The number of amides is 1. The molecule has 3 rings (SSSR count). The molecule has 0 aliphatic rings. The van der Waals surface area contributed by atoms with E-state index in [0.29, 0.717) is 0 Å². The molecule has 2 aromatic carbocycles. The van der Waals surface area contributed by atoms with Gasteiger partial charge in [-0.05, 0) is 36.4 Å². The van der Waals surface area contributed by atoms with Crippen LogP contribution in [0, 0.1) is 17.5 Å². The number of hydrogen-bond donors (Lipinski definition) is 1. The van der Waals surface area contributed by atoms with Gasteiger partial charge in [-0.1, -0.05) is 11.6 Å². The third-order valence-corrected chi connectivity index (χ3v) is 4.32. The van der Waals surface area contributed by atoms with E-state index in [1.165, 1.54) is 7.05 Å². The maximum atomic E-state index is 14.1. The molecule has 0 fully saturated rings. The summed E-state index contributed by atoms with van der Waals surface area (Å²) in [5.41, 5.74) is -2.02. The van der Waals surface area contributed by atoms with Crippen LogP contribution in [0.3, 0.4) is 0 Å². The van der Waals surface area contributed by atoms with Crippen molar-refractivity contribution in [2.45, 2.75) is 6.43 Å². The van der Waals surface area contributed by atoms with Crippen molar-refractivity contribution in [3.63, 3.8) is 0 Å². The molecule has 146 valence electrons. The number of halogens is 6. The van der Waals surface area contributed by atoms with Crippen LogP contribution < -0.4 is 5.32 Å². The summed E-state index contributed by atoms with van der Waals surface area (Å²) in [4.78, 5) is 12.5. The number of anilines is 1. The minimum Gasteiger partial charge on any atom is -0.321 e. The van der Waals surface area contributed by atoms with Crippen LogP contribution >= 0.6 is 11.6 Å². The van der Waals surface area contributed by atoms with Gasteiger partial charge in [-0.3, -0.25) is 9.48 Å². The fourth-order valence-corrected chi connectivity index (χ4v) is 2.85. The summed E-state index contributed by atoms with van der Waals surface area (Å²) in [6.07, 6.45) is -3.09. The molecule has 0 unspecified atom stereocenters. The van der Waals surface area contributed by atoms with Gasteiger partial charge in [0.2, 0.25) is 0 Å². The number of benzene rings is 2. The summed E-state index contributed by atoms with van der Waals surface area (Å²) < 4.78 is 68.6. The number of alkyl halides is 2. The predicted octanol–water partition coefficient (Wildman–Crippen LogP) is 5.35. The average Bonchev–Trinajstić information content (AvgIpc) is 2.93. The van der Waals surface area contributed by atoms with E-state index in [1.54, 1.807) is 0 Å². The average molecular weight is 416 g/mol. The van der Waals surface area contributed by atoms with Crippen LogP contribution in [-0.2, 0) is 7.05 Å². The molecule has 1 N–H and O–H groups in total. The number of rotatable bonds is 4. The Morgan fingerprint density at radius 1 is 1.07 bits per heavy atom. The van der Waals surface area contributed by atoms with Crippen molar-refractivity contribution in [3.05, 3.63) is 70.3 Å². The first-order chi connectivity index (χ1) is 13.2. The zero-order valence-electron chi connectivity index (χ0n) is 14.1. The van der Waals surface area contributed by atoms with Gasteiger partial charge in [0.05, 0.1) is 5.69 Å². The van der Waals surface area contributed by atoms with E-state index in [0.717, 1.165) is 41.1 Å². The van der Waals surface area contributed by atoms with Gasteiger partial charge in [0, 0.05) is 18.2 Å². The lowest BCUT2D eigenvalue weighted by atomic mass is 10.0. The summed E-state index contributed by atoms with van der Waals surface area (Å²) in [5.74, 6) is -3.47. The van der Waals surface area contributed by atoms with Crippen molar-refractivity contribution < 1.29 is 26.7 Å². The monoisotopic (exact) mass is 415 g/mol. The van der Waals surface area contributed by atoms with Crippen LogP contribution in [0.5, 0.6) is 0 Å². The highest BCUT2D eigenvalue weighted by atomic mass is 35.5. The van der Waals surface area contributed by atoms with Gasteiger partial charge in [-0.2, -0.15) is 5.10 Å². The van der Waals surface area contributed by atoms with Crippen LogP contribution in [0.1, 0.15) is 22.5 Å². The highest BCUT2D eigenvalue weighted by molar-refractivity contribution is 6.33. The Kier molecular flexibility index (Phi) is 5.37. The van der Waals surface area contributed by atoms with Crippen molar-refractivity contribution in [3.8, 4) is 11.1 Å². The zero-order valence-corrected chi connectivity index (χ0v) is 14.9. The fourth-order valence-electron chi connectivity index (χ4n) is 2.63. The van der Waals surface area contributed by atoms with E-state index >= 15 is 0 Å². The summed E-state index contributed by atoms with van der Waals surface area (Å²) in [6.45, 7) is 0. The minimum atomic E-state index is -3.09. The van der Waals surface area contributed by atoms with Crippen LogP contribution in [0.4, 0.5) is 27.6 Å². The Balaban J connectivity index is 2.08. The smallest absolute Gasteiger partial charge is 0.283 e. The maximum absolute atomic E-state index is 14.1. The summed E-state index contributed by atoms with van der Waals surface area (Å²) in [5, 5.41) is 5.35. The standard InChI is InChI=1S/C18H11ClF5N3O/c1-27-16(19)14(15(26-27)17(23)24)18(28)25-13-7-9(21)2-4-10(13)11-6-8(20)3-5-12(11)22/h2-7,17H,1H3,(H,25,28). The molecule has 10 heteroatoms. The van der Waals surface area contributed by atoms with Crippen LogP contribution in [-0.4, -0.2) is 15.7 Å². The SMILES string of the molecule is Cn1nc(C(F)F)c(C(=O)Nc2cc(F)ccc2-c2cc(F)ccc2F)c1Cl. The molecule has 0 spiro atoms. The normalized spacial score (nSPS) is 11.1. The Hall–Kier alpha value is -2.94. The lowest BCUT2D eigenvalue weighted by molar-refractivity contribution is 0.101. The van der Waals surface area contributed by atoms with Gasteiger partial charge in [-0.15, -0.1) is 0 Å². The molecular weight excluding hydrogens is 405 g/mol. The second-order valence-corrected chi connectivity index (χ2v) is 6.10. The summed E-state index contributed by atoms with van der Waals surface area (Å²) in [7, 11) is 1.26. The van der Waals surface area contributed by atoms with E-state index in [-0.39, 0.29) is 22.0 Å². The Morgan fingerprint density at radius 3 is 2.39 bits per heavy atom. The lowest BCUT2D eigenvalue weighted by Crippen LogP contribution is -2.15. The van der Waals surface area contributed by atoms with E-state index in [9.17, 15) is 26.7 Å². The van der Waals surface area contributed by atoms with Crippen molar-refractivity contribution >= 4 is 23.2 Å².